The Labute approximate surface area is 606 Å². The molecule has 8 aromatic carbocycles. The maximum absolute atomic E-state index is 12.6. The highest BCUT2D eigenvalue weighted by Crippen LogP contribution is 2.31. The van der Waals surface area contributed by atoms with Crippen molar-refractivity contribution in [2.75, 3.05) is 26.4 Å². The number of rotatable bonds is 43. The normalized spacial score (nSPS) is 18.9. The van der Waals surface area contributed by atoms with Crippen LogP contribution in [0, 0.1) is 0 Å². The van der Waals surface area contributed by atoms with E-state index in [4.69, 9.17) is 61.6 Å². The first-order chi connectivity index (χ1) is 50.4. The molecule has 0 amide bonds. The van der Waals surface area contributed by atoms with Gasteiger partial charge in [0.25, 0.3) is 0 Å². The lowest BCUT2D eigenvalue weighted by atomic mass is 10.1. The van der Waals surface area contributed by atoms with Crippen LogP contribution < -0.4 is 0 Å². The van der Waals surface area contributed by atoms with Crippen LogP contribution in [0.5, 0.6) is 0 Å². The van der Waals surface area contributed by atoms with E-state index in [9.17, 15) is 24.3 Å². The predicted molar refractivity (Wildman–Crippen MR) is 389 cm³/mol. The number of aliphatic hydroxyl groups is 1. The smallest absolute Gasteiger partial charge is 0.306 e. The SMILES string of the molecule is CC[C@H]1O[C@@H](OCC(OCc2ccccc2)C(OCc2ccccc2)C(CO)OCc2ccccc2)CC1OC(=O)CCC(C)=O.CC[C@H]1O[C@@H](OCC(OCc2ccccc2)C(OCc2ccccc2)C(COCc2ccc3ccccc3c2)OCc2ccccc2)CC1OC(=O)CCC(C)=O. The van der Waals surface area contributed by atoms with Gasteiger partial charge in [0.05, 0.1) is 97.7 Å². The van der Waals surface area contributed by atoms with Crippen molar-refractivity contribution in [2.45, 2.75) is 199 Å². The number of hydrogen-bond acceptors (Lipinski definition) is 18. The van der Waals surface area contributed by atoms with Crippen molar-refractivity contribution in [3.8, 4) is 0 Å². The molecule has 0 spiro atoms. The topological polar surface area (TPSA) is 208 Å². The Morgan fingerprint density at radius 1 is 0.379 bits per heavy atom. The molecule has 2 aliphatic rings. The fraction of sp³-hybridized carbons (Fsp3) is 0.412. The number of carbonyl (C=O) groups is 4. The molecule has 2 saturated heterocycles. The fourth-order valence-corrected chi connectivity index (χ4v) is 12.1. The molecule has 0 aliphatic carbocycles. The molecule has 0 bridgehead atoms. The van der Waals surface area contributed by atoms with Gasteiger partial charge in [0.2, 0.25) is 0 Å². The van der Waals surface area contributed by atoms with Gasteiger partial charge in [-0.25, -0.2) is 0 Å². The molecule has 2 fully saturated rings. The lowest BCUT2D eigenvalue weighted by molar-refractivity contribution is -0.205. The highest BCUT2D eigenvalue weighted by molar-refractivity contribution is 5.83. The van der Waals surface area contributed by atoms with E-state index in [1.807, 2.05) is 208 Å². The number of aliphatic hydroxyl groups excluding tert-OH is 1. The minimum Gasteiger partial charge on any atom is -0.459 e. The molecule has 0 saturated carbocycles. The van der Waals surface area contributed by atoms with Crippen molar-refractivity contribution >= 4 is 34.3 Å². The quantitative estimate of drug-likeness (QED) is 0.0352. The molecule has 2 aliphatic heterocycles. The highest BCUT2D eigenvalue weighted by Gasteiger charge is 2.42. The van der Waals surface area contributed by atoms with Gasteiger partial charge < -0.3 is 76.3 Å². The fourth-order valence-electron chi connectivity index (χ4n) is 12.1. The first-order valence-corrected chi connectivity index (χ1v) is 35.9. The number of fused-ring (bicyclic) bond motifs is 1. The summed E-state index contributed by atoms with van der Waals surface area (Å²) in [5, 5.41) is 12.9. The number of esters is 2. The first-order valence-electron chi connectivity index (χ1n) is 35.9. The average molecular weight is 1410 g/mol. The molecule has 548 valence electrons. The van der Waals surface area contributed by atoms with Gasteiger partial charge in [-0.05, 0) is 82.5 Å². The summed E-state index contributed by atoms with van der Waals surface area (Å²) in [6.07, 6.45) is -4.53. The average Bonchev–Trinajstić information content (AvgIpc) is 1.14. The third-order valence-electron chi connectivity index (χ3n) is 17.8. The molecule has 1 N–H and O–H groups in total. The van der Waals surface area contributed by atoms with E-state index >= 15 is 0 Å². The summed E-state index contributed by atoms with van der Waals surface area (Å²) in [6, 6.07) is 73.9. The van der Waals surface area contributed by atoms with E-state index in [0.29, 0.717) is 52.1 Å². The molecule has 18 nitrogen and oxygen atoms in total. The molecule has 8 unspecified atom stereocenters. The molecule has 103 heavy (non-hydrogen) atoms. The van der Waals surface area contributed by atoms with E-state index in [0.717, 1.165) is 44.3 Å². The van der Waals surface area contributed by atoms with Gasteiger partial charge in [-0.1, -0.05) is 232 Å². The van der Waals surface area contributed by atoms with Crippen molar-refractivity contribution in [1.29, 1.82) is 0 Å². The largest absolute Gasteiger partial charge is 0.459 e. The standard InChI is InChI=1S/C48H54O9.C37H46O9/c1-3-42-43(56-46(50)26-23-35(2)49)28-47(57-42)54-34-45(53-31-37-17-9-5-10-18-37)48(55-32-38-19-11-6-12-20-38)44(52-30-36-15-7-4-8-16-36)33-51-29-39-24-25-40-21-13-14-22-41(40)27-39;1-3-31-32(45-35(40)20-19-27(2)39)21-36(46-31)43-26-34(42-24-29-15-9-5-10-16-29)37(44-25-30-17-11-6-12-18-30)33(22-38)41-23-28-13-7-4-8-14-28/h4-22,24-25,27,42-45,47-48H,3,23,26,28-34H2,1-2H3;4-18,31-34,36-38H,3,19-26H2,1-2H3/t42-,43?,44?,45?,47-,48?;31-,32?,33?,34?,36-,37?/m11/s1. The molecular formula is C85H100O18. The number of benzene rings is 8. The van der Waals surface area contributed by atoms with Gasteiger partial charge in [-0.3, -0.25) is 9.59 Å². The van der Waals surface area contributed by atoms with Crippen molar-refractivity contribution in [2.24, 2.45) is 0 Å². The first kappa shape index (κ1) is 78.9. The summed E-state index contributed by atoms with van der Waals surface area (Å²) in [6.45, 7) is 9.14. The number of ketones is 2. The van der Waals surface area contributed by atoms with Crippen molar-refractivity contribution in [3.63, 3.8) is 0 Å². The lowest BCUT2D eigenvalue weighted by Crippen LogP contribution is -2.47. The third-order valence-corrected chi connectivity index (χ3v) is 17.8. The summed E-state index contributed by atoms with van der Waals surface area (Å²) in [5.74, 6) is -0.966. The Bertz CT molecular complexity index is 3700. The molecule has 10 rings (SSSR count). The molecule has 12 atom stereocenters. The van der Waals surface area contributed by atoms with E-state index in [1.165, 1.54) is 19.2 Å². The minimum atomic E-state index is -0.726. The van der Waals surface area contributed by atoms with Crippen molar-refractivity contribution < 1.29 is 85.9 Å². The molecular weight excluding hydrogens is 1310 g/mol. The summed E-state index contributed by atoms with van der Waals surface area (Å²) >= 11 is 0. The van der Waals surface area contributed by atoms with Crippen LogP contribution in [0.25, 0.3) is 10.8 Å². The van der Waals surface area contributed by atoms with Crippen LogP contribution in [0.15, 0.2) is 224 Å². The van der Waals surface area contributed by atoms with Crippen LogP contribution in [0.1, 0.15) is 118 Å². The summed E-state index contributed by atoms with van der Waals surface area (Å²) < 4.78 is 82.5. The zero-order chi connectivity index (χ0) is 72.2. The number of Topliss-reactive ketones (excluding diaryl/α,β-unsaturated/α-hetero) is 2. The van der Waals surface area contributed by atoms with Crippen LogP contribution in [-0.4, -0.2) is 129 Å². The Morgan fingerprint density at radius 3 is 1.07 bits per heavy atom. The number of ether oxygens (including phenoxy) is 13. The van der Waals surface area contributed by atoms with E-state index < -0.39 is 73.4 Å². The molecule has 8 aromatic rings. The van der Waals surface area contributed by atoms with Crippen molar-refractivity contribution in [1.82, 2.24) is 0 Å². The van der Waals surface area contributed by atoms with Crippen LogP contribution in [0.3, 0.4) is 0 Å². The molecule has 2 heterocycles. The van der Waals surface area contributed by atoms with E-state index in [2.05, 4.69) is 30.3 Å². The highest BCUT2D eigenvalue weighted by atomic mass is 16.7. The third kappa shape index (κ3) is 27.4. The number of hydrogen-bond donors (Lipinski definition) is 1. The van der Waals surface area contributed by atoms with Crippen LogP contribution in [0.4, 0.5) is 0 Å². The Morgan fingerprint density at radius 2 is 0.709 bits per heavy atom. The predicted octanol–water partition coefficient (Wildman–Crippen LogP) is 14.5. The van der Waals surface area contributed by atoms with E-state index in [1.54, 1.807) is 0 Å². The van der Waals surface area contributed by atoms with Gasteiger partial charge in [0.1, 0.15) is 60.4 Å². The molecule has 0 radical (unpaired) electrons. The number of carbonyl (C=O) groups excluding carboxylic acids is 4. The monoisotopic (exact) mass is 1410 g/mol. The maximum atomic E-state index is 12.6. The van der Waals surface area contributed by atoms with Crippen LogP contribution in [0.2, 0.25) is 0 Å². The minimum absolute atomic E-state index is 0.0369. The second-order valence-corrected chi connectivity index (χ2v) is 25.9. The maximum Gasteiger partial charge on any atom is 0.306 e. The lowest BCUT2D eigenvalue weighted by Gasteiger charge is -2.34. The molecule has 18 heteroatoms. The zero-order valence-electron chi connectivity index (χ0n) is 59.6. The second-order valence-electron chi connectivity index (χ2n) is 25.9. The van der Waals surface area contributed by atoms with Gasteiger partial charge >= 0.3 is 11.9 Å². The second kappa shape index (κ2) is 43.8. The van der Waals surface area contributed by atoms with Crippen molar-refractivity contribution in [3.05, 3.63) is 263 Å². The molecule has 0 aromatic heterocycles. The van der Waals surface area contributed by atoms with Gasteiger partial charge in [0.15, 0.2) is 12.6 Å². The Hall–Kier alpha value is -8.18. The summed E-state index contributed by atoms with van der Waals surface area (Å²) in [5.41, 5.74) is 6.98. The van der Waals surface area contributed by atoms with Gasteiger partial charge in [-0.15, -0.1) is 0 Å². The summed E-state index contributed by atoms with van der Waals surface area (Å²) in [4.78, 5) is 47.7. The Balaban J connectivity index is 0.000000245. The van der Waals surface area contributed by atoms with Gasteiger partial charge in [0, 0.05) is 25.7 Å². The van der Waals surface area contributed by atoms with Crippen LogP contribution >= 0.6 is 0 Å². The van der Waals surface area contributed by atoms with Crippen LogP contribution in [-0.2, 0) is 127 Å². The van der Waals surface area contributed by atoms with E-state index in [-0.39, 0.29) is 95.7 Å². The summed E-state index contributed by atoms with van der Waals surface area (Å²) in [7, 11) is 0. The van der Waals surface area contributed by atoms with Gasteiger partial charge in [-0.2, -0.15) is 0 Å². The Kier molecular flexibility index (Phi) is 33.6. The zero-order valence-corrected chi connectivity index (χ0v) is 59.6.